The molecule has 0 saturated carbocycles. The molecule has 112 valence electrons. The van der Waals surface area contributed by atoms with Crippen LogP contribution in [-0.4, -0.2) is 12.5 Å². The Morgan fingerprint density at radius 2 is 1.75 bits per heavy atom. The molecule has 3 N–H and O–H groups in total. The van der Waals surface area contributed by atoms with Gasteiger partial charge in [0.1, 0.15) is 0 Å². The second kappa shape index (κ2) is 5.83. The summed E-state index contributed by atoms with van der Waals surface area (Å²) in [5, 5.41) is 3.10. The topological polar surface area (TPSA) is 55.1 Å². The summed E-state index contributed by atoms with van der Waals surface area (Å²) < 4.78 is 37.3. The fraction of sp³-hybridized carbons (Fsp3) is 0.500. The molecule has 1 amide bonds. The summed E-state index contributed by atoms with van der Waals surface area (Å²) >= 11 is 0. The Kier molecular flexibility index (Phi) is 4.81. The summed E-state index contributed by atoms with van der Waals surface area (Å²) in [5.41, 5.74) is 4.60. The van der Waals surface area contributed by atoms with E-state index in [0.717, 1.165) is 17.7 Å². The van der Waals surface area contributed by atoms with Crippen molar-refractivity contribution in [3.63, 3.8) is 0 Å². The fourth-order valence-corrected chi connectivity index (χ4v) is 1.57. The Morgan fingerprint density at radius 1 is 1.25 bits per heavy atom. The fourth-order valence-electron chi connectivity index (χ4n) is 1.57. The first-order valence-corrected chi connectivity index (χ1v) is 6.24. The van der Waals surface area contributed by atoms with Gasteiger partial charge in [0.25, 0.3) is 0 Å². The largest absolute Gasteiger partial charge is 0.416 e. The van der Waals surface area contributed by atoms with Crippen LogP contribution in [0.15, 0.2) is 24.3 Å². The van der Waals surface area contributed by atoms with Crippen LogP contribution in [0.3, 0.4) is 0 Å². The minimum absolute atomic E-state index is 0.170. The summed E-state index contributed by atoms with van der Waals surface area (Å²) in [5.74, 6) is -0.426. The van der Waals surface area contributed by atoms with Crippen molar-refractivity contribution < 1.29 is 18.0 Å². The van der Waals surface area contributed by atoms with Gasteiger partial charge in [-0.15, -0.1) is 0 Å². The molecule has 0 aromatic heterocycles. The van der Waals surface area contributed by atoms with Crippen molar-refractivity contribution in [1.82, 2.24) is 5.32 Å². The Hall–Kier alpha value is -1.56. The molecule has 0 heterocycles. The predicted molar refractivity (Wildman–Crippen MR) is 70.8 cm³/mol. The number of nitrogens with two attached hydrogens (primary N) is 1. The third-order valence-electron chi connectivity index (χ3n) is 3.26. The monoisotopic (exact) mass is 288 g/mol. The predicted octanol–water partition coefficient (Wildman–Crippen LogP) is 2.87. The summed E-state index contributed by atoms with van der Waals surface area (Å²) in [6, 6.07) is 4.78. The first kappa shape index (κ1) is 16.5. The van der Waals surface area contributed by atoms with E-state index in [-0.39, 0.29) is 6.04 Å². The van der Waals surface area contributed by atoms with Crippen molar-refractivity contribution in [3.05, 3.63) is 35.4 Å². The van der Waals surface area contributed by atoms with E-state index >= 15 is 0 Å². The lowest BCUT2D eigenvalue weighted by molar-refractivity contribution is -0.137. The number of nitrogens with one attached hydrogen (secondary N) is 1. The van der Waals surface area contributed by atoms with Gasteiger partial charge in [0.05, 0.1) is 11.0 Å². The van der Waals surface area contributed by atoms with Crippen molar-refractivity contribution in [1.29, 1.82) is 0 Å². The van der Waals surface area contributed by atoms with Gasteiger partial charge in [-0.2, -0.15) is 13.2 Å². The third-order valence-corrected chi connectivity index (χ3v) is 3.26. The Bertz CT molecular complexity index is 466. The molecule has 0 aliphatic heterocycles. The molecule has 0 aliphatic carbocycles. The molecule has 0 spiro atoms. The first-order valence-electron chi connectivity index (χ1n) is 6.24. The van der Waals surface area contributed by atoms with E-state index in [2.05, 4.69) is 5.32 Å². The molecule has 0 saturated heterocycles. The van der Waals surface area contributed by atoms with Crippen molar-refractivity contribution in [2.75, 3.05) is 6.54 Å². The molecule has 1 aromatic carbocycles. The maximum atomic E-state index is 12.4. The summed E-state index contributed by atoms with van der Waals surface area (Å²) in [7, 11) is 0. The highest BCUT2D eigenvalue weighted by Gasteiger charge is 2.30. The zero-order valence-electron chi connectivity index (χ0n) is 11.7. The lowest BCUT2D eigenvalue weighted by atomic mass is 9.92. The van der Waals surface area contributed by atoms with Crippen molar-refractivity contribution in [2.45, 2.75) is 33.0 Å². The van der Waals surface area contributed by atoms with E-state index in [9.17, 15) is 18.0 Å². The SMILES string of the molecule is CC(NCC(C)(C)C(N)=O)c1ccc(C(F)(F)F)cc1. The van der Waals surface area contributed by atoms with Gasteiger partial charge in [-0.1, -0.05) is 12.1 Å². The average Bonchev–Trinajstić information content (AvgIpc) is 2.35. The maximum Gasteiger partial charge on any atom is 0.416 e. The highest BCUT2D eigenvalue weighted by molar-refractivity contribution is 5.80. The zero-order valence-corrected chi connectivity index (χ0v) is 11.7. The minimum Gasteiger partial charge on any atom is -0.369 e. The van der Waals surface area contributed by atoms with E-state index in [0.29, 0.717) is 6.54 Å². The maximum absolute atomic E-state index is 12.4. The Balaban J connectivity index is 2.69. The van der Waals surface area contributed by atoms with E-state index < -0.39 is 23.1 Å². The van der Waals surface area contributed by atoms with E-state index in [1.807, 2.05) is 6.92 Å². The molecule has 1 aromatic rings. The lowest BCUT2D eigenvalue weighted by Crippen LogP contribution is -2.41. The van der Waals surface area contributed by atoms with E-state index in [1.165, 1.54) is 12.1 Å². The van der Waals surface area contributed by atoms with Gasteiger partial charge < -0.3 is 11.1 Å². The molecule has 0 bridgehead atoms. The second-order valence-corrected chi connectivity index (χ2v) is 5.47. The van der Waals surface area contributed by atoms with Crippen molar-refractivity contribution in [2.24, 2.45) is 11.1 Å². The Labute approximate surface area is 116 Å². The smallest absolute Gasteiger partial charge is 0.369 e. The van der Waals surface area contributed by atoms with Crippen LogP contribution in [0.2, 0.25) is 0 Å². The number of hydrogen-bond donors (Lipinski definition) is 2. The van der Waals surface area contributed by atoms with E-state index in [4.69, 9.17) is 5.73 Å². The number of carbonyl (C=O) groups is 1. The van der Waals surface area contributed by atoms with Crippen LogP contribution in [0.4, 0.5) is 13.2 Å². The van der Waals surface area contributed by atoms with Gasteiger partial charge in [0.15, 0.2) is 0 Å². The highest BCUT2D eigenvalue weighted by atomic mass is 19.4. The quantitative estimate of drug-likeness (QED) is 0.875. The van der Waals surface area contributed by atoms with Crippen LogP contribution >= 0.6 is 0 Å². The van der Waals surface area contributed by atoms with Crippen molar-refractivity contribution in [3.8, 4) is 0 Å². The number of alkyl halides is 3. The van der Waals surface area contributed by atoms with Crippen LogP contribution in [-0.2, 0) is 11.0 Å². The van der Waals surface area contributed by atoms with Crippen molar-refractivity contribution >= 4 is 5.91 Å². The van der Waals surface area contributed by atoms with Gasteiger partial charge >= 0.3 is 6.18 Å². The number of primary amides is 1. The third kappa shape index (κ3) is 4.23. The summed E-state index contributed by atoms with van der Waals surface area (Å²) in [6.45, 7) is 5.59. The number of benzene rings is 1. The molecule has 0 radical (unpaired) electrons. The van der Waals surface area contributed by atoms with Gasteiger partial charge in [0, 0.05) is 12.6 Å². The number of amides is 1. The van der Waals surface area contributed by atoms with Gasteiger partial charge in [0.2, 0.25) is 5.91 Å². The number of hydrogen-bond acceptors (Lipinski definition) is 2. The van der Waals surface area contributed by atoms with Gasteiger partial charge in [-0.05, 0) is 38.5 Å². The molecule has 1 unspecified atom stereocenters. The highest BCUT2D eigenvalue weighted by Crippen LogP contribution is 2.30. The molecule has 20 heavy (non-hydrogen) atoms. The van der Waals surface area contributed by atoms with Crippen LogP contribution in [0, 0.1) is 5.41 Å². The van der Waals surface area contributed by atoms with Crippen LogP contribution in [0.25, 0.3) is 0 Å². The molecule has 0 aliphatic rings. The molecular formula is C14H19F3N2O. The lowest BCUT2D eigenvalue weighted by Gasteiger charge is -2.24. The normalized spacial score (nSPS) is 14.1. The molecule has 1 atom stereocenters. The van der Waals surface area contributed by atoms with E-state index in [1.54, 1.807) is 13.8 Å². The molecule has 0 fully saturated rings. The second-order valence-electron chi connectivity index (χ2n) is 5.47. The van der Waals surface area contributed by atoms with Crippen LogP contribution in [0.1, 0.15) is 37.9 Å². The Morgan fingerprint density at radius 3 is 2.15 bits per heavy atom. The molecule has 6 heteroatoms. The number of carbonyl (C=O) groups excluding carboxylic acids is 1. The average molecular weight is 288 g/mol. The molecule has 3 nitrogen and oxygen atoms in total. The van der Waals surface area contributed by atoms with Crippen LogP contribution < -0.4 is 11.1 Å². The number of rotatable bonds is 5. The summed E-state index contributed by atoms with van der Waals surface area (Å²) in [4.78, 5) is 11.2. The zero-order chi connectivity index (χ0) is 15.6. The standard InChI is InChI=1S/C14H19F3N2O/c1-9(19-8-13(2,3)12(18)20)10-4-6-11(7-5-10)14(15,16)17/h4-7,9,19H,8H2,1-3H3,(H2,18,20). The van der Waals surface area contributed by atoms with Crippen LogP contribution in [0.5, 0.6) is 0 Å². The first-order chi connectivity index (χ1) is 9.04. The van der Waals surface area contributed by atoms with Gasteiger partial charge in [-0.3, -0.25) is 4.79 Å². The van der Waals surface area contributed by atoms with Gasteiger partial charge in [-0.25, -0.2) is 0 Å². The molecule has 1 rings (SSSR count). The summed E-state index contributed by atoms with van der Waals surface area (Å²) in [6.07, 6.45) is -4.33. The number of halogens is 3. The molecular weight excluding hydrogens is 269 g/mol. The minimum atomic E-state index is -4.33.